The van der Waals surface area contributed by atoms with E-state index >= 15 is 0 Å². The van der Waals surface area contributed by atoms with Crippen molar-refractivity contribution in [2.45, 2.75) is 0 Å². The summed E-state index contributed by atoms with van der Waals surface area (Å²) in [5, 5.41) is 0.780. The molecule has 0 bridgehead atoms. The van der Waals surface area contributed by atoms with Gasteiger partial charge >= 0.3 is 0 Å². The molecule has 0 aliphatic carbocycles. The summed E-state index contributed by atoms with van der Waals surface area (Å²) in [6, 6.07) is 3.84. The molecule has 2 heterocycles. The van der Waals surface area contributed by atoms with Crippen LogP contribution in [-0.2, 0) is 0 Å². The molecule has 0 radical (unpaired) electrons. The van der Waals surface area contributed by atoms with Crippen molar-refractivity contribution in [2.75, 3.05) is 12.5 Å². The van der Waals surface area contributed by atoms with Gasteiger partial charge in [0.1, 0.15) is 14.7 Å². The van der Waals surface area contributed by atoms with Crippen molar-refractivity contribution in [3.63, 3.8) is 0 Å². The van der Waals surface area contributed by atoms with Gasteiger partial charge in [-0.2, -0.15) is 0 Å². The van der Waals surface area contributed by atoms with E-state index in [1.807, 2.05) is 24.6 Å². The van der Waals surface area contributed by atoms with Crippen LogP contribution in [0, 0.1) is 0 Å². The van der Waals surface area contributed by atoms with Crippen LogP contribution in [0.3, 0.4) is 0 Å². The van der Waals surface area contributed by atoms with Gasteiger partial charge in [0.2, 0.25) is 5.13 Å². The van der Waals surface area contributed by atoms with E-state index in [1.165, 1.54) is 11.3 Å². The number of aliphatic imine (C=N–C) groups is 1. The number of thioether (sulfide) groups is 2. The highest BCUT2D eigenvalue weighted by molar-refractivity contribution is 8.38. The molecule has 0 saturated heterocycles. The third-order valence-electron chi connectivity index (χ3n) is 1.69. The monoisotopic (exact) mass is 255 g/mol. The second kappa shape index (κ2) is 4.96. The minimum Gasteiger partial charge on any atom is -0.244 e. The fraction of sp³-hybridized carbons (Fsp3) is 0.222. The highest BCUT2D eigenvalue weighted by Crippen LogP contribution is 2.28. The average molecular weight is 255 g/mol. The maximum absolute atomic E-state index is 4.44. The van der Waals surface area contributed by atoms with Crippen LogP contribution in [0.4, 0.5) is 5.13 Å². The van der Waals surface area contributed by atoms with Crippen LogP contribution in [0.5, 0.6) is 0 Å². The molecule has 0 spiro atoms. The highest BCUT2D eigenvalue weighted by Gasteiger charge is 2.03. The van der Waals surface area contributed by atoms with Crippen molar-refractivity contribution in [3.8, 4) is 0 Å². The van der Waals surface area contributed by atoms with Crippen molar-refractivity contribution >= 4 is 54.7 Å². The highest BCUT2D eigenvalue weighted by atomic mass is 32.2. The molecule has 2 aromatic heterocycles. The maximum Gasteiger partial charge on any atom is 0.213 e. The molecule has 0 aromatic carbocycles. The van der Waals surface area contributed by atoms with Crippen LogP contribution in [0.1, 0.15) is 0 Å². The fourth-order valence-corrected chi connectivity index (χ4v) is 2.98. The quantitative estimate of drug-likeness (QED) is 0.578. The molecule has 78 valence electrons. The summed E-state index contributed by atoms with van der Waals surface area (Å²) in [6.45, 7) is 0. The van der Waals surface area contributed by atoms with Crippen LogP contribution in [-0.4, -0.2) is 26.9 Å². The summed E-state index contributed by atoms with van der Waals surface area (Å²) in [4.78, 5) is 14.0. The number of pyridine rings is 1. The summed E-state index contributed by atoms with van der Waals surface area (Å²) in [7, 11) is 0. The van der Waals surface area contributed by atoms with Gasteiger partial charge in [0, 0.05) is 6.20 Å². The smallest absolute Gasteiger partial charge is 0.213 e. The lowest BCUT2D eigenvalue weighted by Gasteiger charge is -1.93. The van der Waals surface area contributed by atoms with Crippen LogP contribution >= 0.6 is 34.9 Å². The molecule has 0 atom stereocenters. The van der Waals surface area contributed by atoms with Crippen LogP contribution in [0.2, 0.25) is 0 Å². The summed E-state index contributed by atoms with van der Waals surface area (Å²) in [5.74, 6) is 0. The zero-order valence-corrected chi connectivity index (χ0v) is 10.7. The average Bonchev–Trinajstić information content (AvgIpc) is 2.68. The Balaban J connectivity index is 2.40. The first kappa shape index (κ1) is 10.9. The number of rotatable bonds is 1. The van der Waals surface area contributed by atoms with Gasteiger partial charge in [-0.1, -0.05) is 11.3 Å². The van der Waals surface area contributed by atoms with Gasteiger partial charge in [-0.3, -0.25) is 0 Å². The van der Waals surface area contributed by atoms with Crippen molar-refractivity contribution < 1.29 is 0 Å². The van der Waals surface area contributed by atoms with Crippen LogP contribution in [0.15, 0.2) is 23.3 Å². The molecule has 15 heavy (non-hydrogen) atoms. The summed E-state index contributed by atoms with van der Waals surface area (Å²) in [5.41, 5.74) is 0.919. The minimum atomic E-state index is 0.780. The summed E-state index contributed by atoms with van der Waals surface area (Å²) >= 11 is 4.79. The van der Waals surface area contributed by atoms with Gasteiger partial charge in [-0.05, 0) is 24.6 Å². The second-order valence-electron chi connectivity index (χ2n) is 2.61. The van der Waals surface area contributed by atoms with E-state index in [0.29, 0.717) is 0 Å². The van der Waals surface area contributed by atoms with Crippen molar-refractivity contribution in [3.05, 3.63) is 18.3 Å². The Labute approximate surface area is 100 Å². The van der Waals surface area contributed by atoms with Gasteiger partial charge in [0.25, 0.3) is 0 Å². The molecule has 0 saturated carbocycles. The Bertz CT molecular complexity index is 453. The van der Waals surface area contributed by atoms with Crippen LogP contribution in [0.25, 0.3) is 10.3 Å². The topological polar surface area (TPSA) is 38.1 Å². The summed E-state index contributed by atoms with van der Waals surface area (Å²) in [6.07, 6.45) is 5.81. The number of hydrogen-bond donors (Lipinski definition) is 0. The molecule has 0 amide bonds. The lowest BCUT2D eigenvalue weighted by molar-refractivity contribution is 1.38. The number of nitrogens with zero attached hydrogens (tertiary/aromatic N) is 3. The predicted octanol–water partition coefficient (Wildman–Crippen LogP) is 3.40. The second-order valence-corrected chi connectivity index (χ2v) is 5.41. The van der Waals surface area contributed by atoms with Crippen LogP contribution < -0.4 is 0 Å². The van der Waals surface area contributed by atoms with Gasteiger partial charge in [0.15, 0.2) is 0 Å². The van der Waals surface area contributed by atoms with Crippen molar-refractivity contribution in [1.82, 2.24) is 9.97 Å². The van der Waals surface area contributed by atoms with E-state index < -0.39 is 0 Å². The zero-order valence-electron chi connectivity index (χ0n) is 8.30. The van der Waals surface area contributed by atoms with Gasteiger partial charge in [0.05, 0.1) is 0 Å². The molecule has 6 heteroatoms. The van der Waals surface area contributed by atoms with E-state index in [9.17, 15) is 0 Å². The minimum absolute atomic E-state index is 0.780. The third-order valence-corrected chi connectivity index (χ3v) is 4.45. The third kappa shape index (κ3) is 2.50. The zero-order chi connectivity index (χ0) is 10.7. The molecular weight excluding hydrogens is 246 g/mol. The first-order valence-corrected chi connectivity index (χ1v) is 7.48. The Hall–Kier alpha value is -0.590. The molecule has 0 unspecified atom stereocenters. The van der Waals surface area contributed by atoms with Gasteiger partial charge < -0.3 is 0 Å². The first-order chi connectivity index (χ1) is 7.33. The molecule has 3 nitrogen and oxygen atoms in total. The SMILES string of the molecule is CSC(=Nc1nc2cccnc2s1)SC. The number of aromatic nitrogens is 2. The molecular formula is C9H9N3S3. The van der Waals surface area contributed by atoms with Gasteiger partial charge in [-0.15, -0.1) is 23.5 Å². The van der Waals surface area contributed by atoms with E-state index in [4.69, 9.17) is 0 Å². The number of hydrogen-bond acceptors (Lipinski definition) is 6. The Morgan fingerprint density at radius 1 is 1.40 bits per heavy atom. The van der Waals surface area contributed by atoms with E-state index in [1.54, 1.807) is 29.7 Å². The molecule has 0 N–H and O–H groups in total. The Kier molecular flexibility index (Phi) is 3.61. The largest absolute Gasteiger partial charge is 0.244 e. The maximum atomic E-state index is 4.44. The Morgan fingerprint density at radius 2 is 2.20 bits per heavy atom. The molecule has 0 aliphatic heterocycles. The first-order valence-electron chi connectivity index (χ1n) is 4.21. The molecule has 2 aromatic rings. The van der Waals surface area contributed by atoms with Crippen molar-refractivity contribution in [2.24, 2.45) is 4.99 Å². The number of fused-ring (bicyclic) bond motifs is 1. The lowest BCUT2D eigenvalue weighted by Crippen LogP contribution is -1.79. The predicted molar refractivity (Wildman–Crippen MR) is 71.5 cm³/mol. The molecule has 0 fully saturated rings. The standard InChI is InChI=1S/C9H9N3S3/c1-13-9(14-2)12-8-11-6-4-3-5-10-7(6)15-8/h3-5H,1-2H3. The number of thiazole rings is 1. The van der Waals surface area contributed by atoms with E-state index in [2.05, 4.69) is 15.0 Å². The molecule has 2 rings (SSSR count). The lowest BCUT2D eigenvalue weighted by atomic mass is 10.5. The normalized spacial score (nSPS) is 10.5. The van der Waals surface area contributed by atoms with E-state index in [-0.39, 0.29) is 0 Å². The van der Waals surface area contributed by atoms with E-state index in [0.717, 1.165) is 19.9 Å². The Morgan fingerprint density at radius 3 is 2.87 bits per heavy atom. The fourth-order valence-electron chi connectivity index (χ4n) is 1.06. The summed E-state index contributed by atoms with van der Waals surface area (Å²) < 4.78 is 1.02. The van der Waals surface area contributed by atoms with Crippen molar-refractivity contribution in [1.29, 1.82) is 0 Å². The van der Waals surface area contributed by atoms with Gasteiger partial charge in [-0.25, -0.2) is 15.0 Å². The molecule has 0 aliphatic rings.